The van der Waals surface area contributed by atoms with Crippen molar-refractivity contribution in [3.05, 3.63) is 70.7 Å². The molecule has 2 atom stereocenters. The average molecular weight is 318 g/mol. The molecule has 3 heteroatoms. The van der Waals surface area contributed by atoms with E-state index in [1.165, 1.54) is 0 Å². The molecule has 0 saturated carbocycles. The zero-order chi connectivity index (χ0) is 16.2. The highest BCUT2D eigenvalue weighted by molar-refractivity contribution is 6.30. The Balaban J connectivity index is 2.36. The molecule has 0 radical (unpaired) electrons. The van der Waals surface area contributed by atoms with Crippen molar-refractivity contribution in [3.8, 4) is 0 Å². The van der Waals surface area contributed by atoms with Crippen molar-refractivity contribution < 1.29 is 5.11 Å². The molecule has 0 heterocycles. The van der Waals surface area contributed by atoms with Crippen LogP contribution in [0.4, 0.5) is 0 Å². The van der Waals surface area contributed by atoms with Crippen LogP contribution in [0, 0.1) is 5.92 Å². The molecule has 2 aromatic carbocycles. The zero-order valence-electron chi connectivity index (χ0n) is 13.5. The number of hydrogen-bond acceptors (Lipinski definition) is 2. The Hall–Kier alpha value is -1.35. The van der Waals surface area contributed by atoms with Crippen LogP contribution in [0.25, 0.3) is 0 Å². The minimum absolute atomic E-state index is 0.0869. The Labute approximate surface area is 138 Å². The van der Waals surface area contributed by atoms with Gasteiger partial charge in [-0.3, -0.25) is 0 Å². The first-order valence-corrected chi connectivity index (χ1v) is 7.96. The lowest BCUT2D eigenvalue weighted by molar-refractivity contribution is -0.0254. The van der Waals surface area contributed by atoms with Gasteiger partial charge in [-0.05, 0) is 37.4 Å². The molecule has 2 aromatic rings. The second-order valence-electron chi connectivity index (χ2n) is 6.26. The van der Waals surface area contributed by atoms with Gasteiger partial charge in [0.2, 0.25) is 0 Å². The molecule has 118 valence electrons. The van der Waals surface area contributed by atoms with E-state index in [1.807, 2.05) is 56.6 Å². The van der Waals surface area contributed by atoms with Gasteiger partial charge in [0.05, 0.1) is 5.60 Å². The number of benzene rings is 2. The van der Waals surface area contributed by atoms with Crippen molar-refractivity contribution in [2.75, 3.05) is 20.6 Å². The van der Waals surface area contributed by atoms with Gasteiger partial charge in [0.25, 0.3) is 0 Å². The maximum absolute atomic E-state index is 11.5. The van der Waals surface area contributed by atoms with Gasteiger partial charge in [-0.15, -0.1) is 0 Å². The van der Waals surface area contributed by atoms with Gasteiger partial charge < -0.3 is 10.0 Å². The molecule has 0 fully saturated rings. The highest BCUT2D eigenvalue weighted by Gasteiger charge is 2.36. The summed E-state index contributed by atoms with van der Waals surface area (Å²) in [5.41, 5.74) is 1.12. The van der Waals surface area contributed by atoms with E-state index < -0.39 is 5.60 Å². The van der Waals surface area contributed by atoms with E-state index in [0.29, 0.717) is 11.4 Å². The van der Waals surface area contributed by atoms with Gasteiger partial charge in [-0.2, -0.15) is 0 Å². The van der Waals surface area contributed by atoms with E-state index in [0.717, 1.165) is 17.7 Å². The van der Waals surface area contributed by atoms with Crippen molar-refractivity contribution in [2.24, 2.45) is 5.92 Å². The fourth-order valence-corrected chi connectivity index (χ4v) is 3.03. The van der Waals surface area contributed by atoms with E-state index in [9.17, 15) is 5.11 Å². The molecule has 0 aromatic heterocycles. The van der Waals surface area contributed by atoms with E-state index >= 15 is 0 Å². The fraction of sp³-hybridized carbons (Fsp3) is 0.368. The van der Waals surface area contributed by atoms with Gasteiger partial charge in [-0.1, -0.05) is 61.0 Å². The van der Waals surface area contributed by atoms with E-state index in [1.54, 1.807) is 0 Å². The van der Waals surface area contributed by atoms with E-state index in [4.69, 9.17) is 11.6 Å². The van der Waals surface area contributed by atoms with Gasteiger partial charge in [0, 0.05) is 23.9 Å². The molecule has 0 aliphatic rings. The highest BCUT2D eigenvalue weighted by Crippen LogP contribution is 2.34. The summed E-state index contributed by atoms with van der Waals surface area (Å²) in [4.78, 5) is 2.11. The van der Waals surface area contributed by atoms with Crippen LogP contribution in [0.3, 0.4) is 0 Å². The molecule has 0 aliphatic heterocycles. The summed E-state index contributed by atoms with van der Waals surface area (Å²) in [7, 11) is 4.06. The van der Waals surface area contributed by atoms with Crippen molar-refractivity contribution in [1.82, 2.24) is 4.90 Å². The largest absolute Gasteiger partial charge is 0.384 e. The Kier molecular flexibility index (Phi) is 5.63. The first-order chi connectivity index (χ1) is 10.4. The molecule has 0 amide bonds. The summed E-state index contributed by atoms with van der Waals surface area (Å²) in [6.45, 7) is 2.91. The van der Waals surface area contributed by atoms with E-state index in [-0.39, 0.29) is 5.92 Å². The maximum atomic E-state index is 11.5. The van der Waals surface area contributed by atoms with Crippen LogP contribution in [-0.4, -0.2) is 30.6 Å². The quantitative estimate of drug-likeness (QED) is 0.871. The predicted octanol–water partition coefficient (Wildman–Crippen LogP) is 3.97. The molecule has 2 nitrogen and oxygen atoms in total. The molecule has 2 unspecified atom stereocenters. The second kappa shape index (κ2) is 7.28. The third-order valence-electron chi connectivity index (χ3n) is 4.11. The third kappa shape index (κ3) is 4.10. The summed E-state index contributed by atoms with van der Waals surface area (Å²) in [6.07, 6.45) is 0.588. The highest BCUT2D eigenvalue weighted by atomic mass is 35.5. The van der Waals surface area contributed by atoms with Gasteiger partial charge in [0.1, 0.15) is 0 Å². The lowest BCUT2D eigenvalue weighted by Crippen LogP contribution is -2.41. The first kappa shape index (κ1) is 17.0. The summed E-state index contributed by atoms with van der Waals surface area (Å²) < 4.78 is 0. The predicted molar refractivity (Wildman–Crippen MR) is 93.2 cm³/mol. The average Bonchev–Trinajstić information content (AvgIpc) is 2.48. The minimum Gasteiger partial charge on any atom is -0.384 e. The zero-order valence-corrected chi connectivity index (χ0v) is 14.2. The Morgan fingerprint density at radius 2 is 1.64 bits per heavy atom. The van der Waals surface area contributed by atoms with Crippen molar-refractivity contribution in [3.63, 3.8) is 0 Å². The molecule has 1 N–H and O–H groups in total. The summed E-state index contributed by atoms with van der Waals surface area (Å²) in [5, 5.41) is 12.2. The molecule has 22 heavy (non-hydrogen) atoms. The minimum atomic E-state index is -0.920. The Bertz CT molecular complexity index is 582. The Morgan fingerprint density at radius 3 is 2.18 bits per heavy atom. The number of aliphatic hydroxyl groups is 1. The normalized spacial score (nSPS) is 15.5. The number of rotatable bonds is 6. The molecule has 2 rings (SSSR count). The van der Waals surface area contributed by atoms with Crippen LogP contribution >= 0.6 is 11.6 Å². The van der Waals surface area contributed by atoms with Gasteiger partial charge in [-0.25, -0.2) is 0 Å². The van der Waals surface area contributed by atoms with Crippen LogP contribution in [-0.2, 0) is 12.0 Å². The molecule has 0 bridgehead atoms. The smallest absolute Gasteiger partial charge is 0.0974 e. The lowest BCUT2D eigenvalue weighted by atomic mass is 9.77. The summed E-state index contributed by atoms with van der Waals surface area (Å²) in [6, 6.07) is 17.7. The molecule has 0 saturated heterocycles. The first-order valence-electron chi connectivity index (χ1n) is 7.59. The van der Waals surface area contributed by atoms with Crippen LogP contribution in [0.1, 0.15) is 18.1 Å². The summed E-state index contributed by atoms with van der Waals surface area (Å²) >= 11 is 6.00. The van der Waals surface area contributed by atoms with Crippen LogP contribution < -0.4 is 0 Å². The Morgan fingerprint density at radius 1 is 1.05 bits per heavy atom. The molecular formula is C19H24ClNO. The number of halogens is 1. The molecule has 0 spiro atoms. The van der Waals surface area contributed by atoms with Gasteiger partial charge in [0.15, 0.2) is 0 Å². The van der Waals surface area contributed by atoms with Crippen LogP contribution in [0.2, 0.25) is 5.02 Å². The second-order valence-corrected chi connectivity index (χ2v) is 6.69. The number of nitrogens with zero attached hydrogens (tertiary/aromatic N) is 1. The lowest BCUT2D eigenvalue weighted by Gasteiger charge is -2.36. The topological polar surface area (TPSA) is 23.5 Å². The molecule has 0 aliphatic carbocycles. The van der Waals surface area contributed by atoms with E-state index in [2.05, 4.69) is 24.0 Å². The molecular weight excluding hydrogens is 294 g/mol. The fourth-order valence-electron chi connectivity index (χ4n) is 2.91. The maximum Gasteiger partial charge on any atom is 0.0974 e. The van der Waals surface area contributed by atoms with Crippen LogP contribution in [0.15, 0.2) is 54.6 Å². The standard InChI is InChI=1S/C19H24ClNO/c1-15(14-21(2)3)19(22,13-16-7-5-4-6-8-16)17-9-11-18(20)12-10-17/h4-12,15,22H,13-14H2,1-3H3. The van der Waals surface area contributed by atoms with Gasteiger partial charge >= 0.3 is 0 Å². The van der Waals surface area contributed by atoms with Crippen molar-refractivity contribution in [1.29, 1.82) is 0 Å². The number of hydrogen-bond donors (Lipinski definition) is 1. The van der Waals surface area contributed by atoms with Crippen molar-refractivity contribution in [2.45, 2.75) is 18.9 Å². The van der Waals surface area contributed by atoms with Crippen LogP contribution in [0.5, 0.6) is 0 Å². The van der Waals surface area contributed by atoms with Crippen molar-refractivity contribution >= 4 is 11.6 Å². The SMILES string of the molecule is CC(CN(C)C)C(O)(Cc1ccccc1)c1ccc(Cl)cc1. The monoisotopic (exact) mass is 317 g/mol. The summed E-state index contributed by atoms with van der Waals surface area (Å²) in [5.74, 6) is 0.0869. The third-order valence-corrected chi connectivity index (χ3v) is 4.37.